The first-order valence-corrected chi connectivity index (χ1v) is 10.5. The van der Waals surface area contributed by atoms with Gasteiger partial charge >= 0.3 is 0 Å². The molecule has 1 amide bonds. The maximum absolute atomic E-state index is 13.0. The zero-order chi connectivity index (χ0) is 19.4. The van der Waals surface area contributed by atoms with Crippen molar-refractivity contribution in [2.24, 2.45) is 0 Å². The molecule has 8 heteroatoms. The number of amides is 1. The number of sulfonamides is 1. The Bertz CT molecular complexity index is 940. The first-order valence-electron chi connectivity index (χ1n) is 8.67. The van der Waals surface area contributed by atoms with Crippen LogP contribution in [0.3, 0.4) is 0 Å². The Morgan fingerprint density at radius 2 is 1.81 bits per heavy atom. The molecule has 1 aliphatic heterocycles. The summed E-state index contributed by atoms with van der Waals surface area (Å²) in [5.41, 5.74) is 0.561. The number of methoxy groups -OCH3 is 1. The number of benzene rings is 2. The van der Waals surface area contributed by atoms with Crippen molar-refractivity contribution in [2.75, 3.05) is 25.5 Å². The summed E-state index contributed by atoms with van der Waals surface area (Å²) in [7, 11) is -2.22. The number of carbonyl (C=O) groups excluding carboxylic acids is 1. The molecule has 1 saturated heterocycles. The summed E-state index contributed by atoms with van der Waals surface area (Å²) in [5, 5.41) is 3.06. The van der Waals surface area contributed by atoms with Crippen LogP contribution in [0.1, 0.15) is 29.6 Å². The number of hydrogen-bond donors (Lipinski definition) is 1. The Kier molecular flexibility index (Phi) is 6.04. The van der Waals surface area contributed by atoms with Gasteiger partial charge < -0.3 is 10.1 Å². The van der Waals surface area contributed by atoms with E-state index in [1.807, 2.05) is 0 Å². The lowest BCUT2D eigenvalue weighted by Crippen LogP contribution is -2.36. The molecule has 2 aromatic carbocycles. The largest absolute Gasteiger partial charge is 0.495 e. The summed E-state index contributed by atoms with van der Waals surface area (Å²) in [6.07, 6.45) is 2.68. The second-order valence-electron chi connectivity index (χ2n) is 6.26. The molecule has 27 heavy (non-hydrogen) atoms. The highest BCUT2D eigenvalue weighted by Gasteiger charge is 2.29. The molecular weight excluding hydrogens is 388 g/mol. The molecule has 0 saturated carbocycles. The van der Waals surface area contributed by atoms with Crippen LogP contribution in [0.15, 0.2) is 47.4 Å². The predicted octanol–water partition coefficient (Wildman–Crippen LogP) is 3.78. The minimum Gasteiger partial charge on any atom is -0.495 e. The minimum absolute atomic E-state index is 0.0176. The Hall–Kier alpha value is -2.09. The van der Waals surface area contributed by atoms with E-state index in [1.165, 1.54) is 23.5 Å². The van der Waals surface area contributed by atoms with Crippen LogP contribution in [0.2, 0.25) is 5.02 Å². The van der Waals surface area contributed by atoms with Gasteiger partial charge in [-0.3, -0.25) is 4.79 Å². The molecule has 0 radical (unpaired) electrons. The molecular formula is C19H21ClN2O4S. The van der Waals surface area contributed by atoms with E-state index in [-0.39, 0.29) is 10.5 Å². The first-order chi connectivity index (χ1) is 12.9. The lowest BCUT2D eigenvalue weighted by atomic mass is 10.2. The van der Waals surface area contributed by atoms with Gasteiger partial charge in [-0.25, -0.2) is 8.42 Å². The quantitative estimate of drug-likeness (QED) is 0.816. The van der Waals surface area contributed by atoms with Gasteiger partial charge in [0.2, 0.25) is 10.0 Å². The van der Waals surface area contributed by atoms with E-state index in [1.54, 1.807) is 30.3 Å². The average molecular weight is 409 g/mol. The van der Waals surface area contributed by atoms with E-state index in [4.69, 9.17) is 16.3 Å². The van der Waals surface area contributed by atoms with Crippen molar-refractivity contribution < 1.29 is 17.9 Å². The summed E-state index contributed by atoms with van der Waals surface area (Å²) in [6.45, 7) is 0.957. The van der Waals surface area contributed by atoms with E-state index in [2.05, 4.69) is 5.32 Å². The third-order valence-electron chi connectivity index (χ3n) is 4.47. The topological polar surface area (TPSA) is 75.7 Å². The van der Waals surface area contributed by atoms with Crippen LogP contribution in [-0.4, -0.2) is 38.8 Å². The van der Waals surface area contributed by atoms with Crippen LogP contribution in [0.25, 0.3) is 0 Å². The highest BCUT2D eigenvalue weighted by molar-refractivity contribution is 7.89. The number of nitrogens with zero attached hydrogens (tertiary/aromatic N) is 1. The molecule has 0 bridgehead atoms. The zero-order valence-electron chi connectivity index (χ0n) is 14.9. The molecule has 144 valence electrons. The number of carbonyl (C=O) groups is 1. The van der Waals surface area contributed by atoms with E-state index in [9.17, 15) is 13.2 Å². The molecule has 1 aliphatic rings. The Labute approximate surface area is 164 Å². The maximum atomic E-state index is 13.0. The number of nitrogens with one attached hydrogen (secondary N) is 1. The molecule has 1 fully saturated rings. The molecule has 0 aliphatic carbocycles. The van der Waals surface area contributed by atoms with Crippen molar-refractivity contribution in [3.05, 3.63) is 53.1 Å². The number of ether oxygens (including phenoxy) is 1. The van der Waals surface area contributed by atoms with Crippen LogP contribution in [0.5, 0.6) is 5.75 Å². The van der Waals surface area contributed by atoms with Gasteiger partial charge in [0.25, 0.3) is 5.91 Å². The van der Waals surface area contributed by atoms with Crippen LogP contribution in [0, 0.1) is 0 Å². The molecule has 0 unspecified atom stereocenters. The average Bonchev–Trinajstić information content (AvgIpc) is 2.69. The summed E-state index contributed by atoms with van der Waals surface area (Å²) < 4.78 is 32.6. The molecule has 6 nitrogen and oxygen atoms in total. The van der Waals surface area contributed by atoms with Crippen LogP contribution in [0.4, 0.5) is 5.69 Å². The first kappa shape index (κ1) is 19.7. The molecule has 0 spiro atoms. The van der Waals surface area contributed by atoms with Crippen molar-refractivity contribution in [1.82, 2.24) is 4.31 Å². The van der Waals surface area contributed by atoms with Gasteiger partial charge in [-0.15, -0.1) is 0 Å². The Morgan fingerprint density at radius 3 is 2.48 bits per heavy atom. The number of hydrogen-bond acceptors (Lipinski definition) is 4. The highest BCUT2D eigenvalue weighted by Crippen LogP contribution is 2.28. The fourth-order valence-corrected chi connectivity index (χ4v) is 5.03. The van der Waals surface area contributed by atoms with Crippen LogP contribution < -0.4 is 10.1 Å². The molecule has 0 aromatic heterocycles. The van der Waals surface area contributed by atoms with Gasteiger partial charge in [-0.05, 0) is 43.2 Å². The number of anilines is 1. The number of piperidine rings is 1. The number of rotatable bonds is 5. The zero-order valence-corrected chi connectivity index (χ0v) is 16.5. The molecule has 1 N–H and O–H groups in total. The molecule has 0 atom stereocenters. The van der Waals surface area contributed by atoms with Crippen molar-refractivity contribution in [1.29, 1.82) is 0 Å². The summed E-state index contributed by atoms with van der Waals surface area (Å²) in [5.74, 6) is -0.0184. The van der Waals surface area contributed by atoms with Crippen LogP contribution >= 0.6 is 11.6 Å². The fourth-order valence-electron chi connectivity index (χ4n) is 3.07. The summed E-state index contributed by atoms with van der Waals surface area (Å²) in [4.78, 5) is 12.8. The van der Waals surface area contributed by atoms with Crippen molar-refractivity contribution >= 4 is 33.2 Å². The number of halogens is 1. The summed E-state index contributed by atoms with van der Waals surface area (Å²) in [6, 6.07) is 11.1. The molecule has 1 heterocycles. The van der Waals surface area contributed by atoms with Crippen LogP contribution in [-0.2, 0) is 10.0 Å². The normalized spacial score (nSPS) is 15.3. The van der Waals surface area contributed by atoms with Gasteiger partial charge in [0.1, 0.15) is 5.75 Å². The van der Waals surface area contributed by atoms with Gasteiger partial charge in [0.15, 0.2) is 0 Å². The SMILES string of the molecule is COc1ccc(NC(=O)c2ccccc2S(=O)(=O)N2CCCCC2)cc1Cl. The standard InChI is InChI=1S/C19H21ClN2O4S/c1-26-17-10-9-14(13-16(17)20)21-19(23)15-7-3-4-8-18(15)27(24,25)22-11-5-2-6-12-22/h3-4,7-10,13H,2,5-6,11-12H2,1H3,(H,21,23). The van der Waals surface area contributed by atoms with E-state index in [0.29, 0.717) is 29.5 Å². The van der Waals surface area contributed by atoms with Crippen molar-refractivity contribution in [3.63, 3.8) is 0 Å². The van der Waals surface area contributed by atoms with Crippen molar-refractivity contribution in [3.8, 4) is 5.75 Å². The fraction of sp³-hybridized carbons (Fsp3) is 0.316. The Morgan fingerprint density at radius 1 is 1.11 bits per heavy atom. The van der Waals surface area contributed by atoms with Gasteiger partial charge in [-0.1, -0.05) is 30.2 Å². The minimum atomic E-state index is -3.72. The summed E-state index contributed by atoms with van der Waals surface area (Å²) >= 11 is 6.09. The maximum Gasteiger partial charge on any atom is 0.257 e. The Balaban J connectivity index is 1.89. The van der Waals surface area contributed by atoms with Gasteiger partial charge in [-0.2, -0.15) is 4.31 Å². The van der Waals surface area contributed by atoms with E-state index < -0.39 is 15.9 Å². The second-order valence-corrected chi connectivity index (χ2v) is 8.58. The lowest BCUT2D eigenvalue weighted by Gasteiger charge is -2.26. The third-order valence-corrected chi connectivity index (χ3v) is 6.73. The highest BCUT2D eigenvalue weighted by atomic mass is 35.5. The van der Waals surface area contributed by atoms with E-state index >= 15 is 0 Å². The van der Waals surface area contributed by atoms with E-state index in [0.717, 1.165) is 19.3 Å². The molecule has 3 rings (SSSR count). The van der Waals surface area contributed by atoms with Gasteiger partial charge in [0.05, 0.1) is 22.6 Å². The predicted molar refractivity (Wildman–Crippen MR) is 105 cm³/mol. The smallest absolute Gasteiger partial charge is 0.257 e. The van der Waals surface area contributed by atoms with Gasteiger partial charge in [0, 0.05) is 18.8 Å². The second kappa shape index (κ2) is 8.29. The molecule has 2 aromatic rings. The lowest BCUT2D eigenvalue weighted by molar-refractivity contribution is 0.102. The third kappa shape index (κ3) is 4.26. The van der Waals surface area contributed by atoms with Crippen molar-refractivity contribution in [2.45, 2.75) is 24.2 Å². The monoisotopic (exact) mass is 408 g/mol.